The Kier molecular flexibility index (Phi) is 4.04. The van der Waals surface area contributed by atoms with Gasteiger partial charge in [0.05, 0.1) is 0 Å². The number of ketones is 1. The maximum atomic E-state index is 12.9. The largest absolute Gasteiger partial charge is 0.300 e. The number of Topliss-reactive ketones (excluding diaryl/α,β-unsaturated/α-hetero) is 1. The van der Waals surface area contributed by atoms with Crippen molar-refractivity contribution in [1.82, 2.24) is 4.90 Å². The third kappa shape index (κ3) is 2.74. The minimum Gasteiger partial charge on any atom is -0.300 e. The Hall–Kier alpha value is -1.15. The SMILES string of the molecule is O=C(c1ccc2c(c1)CCCC2)C1CCCN(C2CCC2)C1. The molecule has 1 saturated heterocycles. The molecule has 0 aromatic heterocycles. The van der Waals surface area contributed by atoms with Crippen molar-refractivity contribution in [2.24, 2.45) is 5.92 Å². The van der Waals surface area contributed by atoms with Crippen molar-refractivity contribution in [2.45, 2.75) is 63.8 Å². The average molecular weight is 297 g/mol. The quantitative estimate of drug-likeness (QED) is 0.786. The zero-order chi connectivity index (χ0) is 14.9. The molecule has 1 aliphatic heterocycles. The normalized spacial score (nSPS) is 26.3. The summed E-state index contributed by atoms with van der Waals surface area (Å²) in [6.07, 6.45) is 11.3. The highest BCUT2D eigenvalue weighted by atomic mass is 16.1. The van der Waals surface area contributed by atoms with Crippen molar-refractivity contribution in [3.63, 3.8) is 0 Å². The van der Waals surface area contributed by atoms with Gasteiger partial charge in [0.1, 0.15) is 0 Å². The van der Waals surface area contributed by atoms with Crippen LogP contribution in [0.25, 0.3) is 0 Å². The summed E-state index contributed by atoms with van der Waals surface area (Å²) in [5, 5.41) is 0. The minimum absolute atomic E-state index is 0.232. The van der Waals surface area contributed by atoms with Gasteiger partial charge in [-0.05, 0) is 75.1 Å². The van der Waals surface area contributed by atoms with E-state index in [1.807, 2.05) is 0 Å². The maximum absolute atomic E-state index is 12.9. The summed E-state index contributed by atoms with van der Waals surface area (Å²) in [6, 6.07) is 7.29. The molecule has 2 nitrogen and oxygen atoms in total. The van der Waals surface area contributed by atoms with Gasteiger partial charge in [0, 0.05) is 24.1 Å². The van der Waals surface area contributed by atoms with Crippen molar-refractivity contribution in [3.05, 3.63) is 34.9 Å². The zero-order valence-electron chi connectivity index (χ0n) is 13.5. The maximum Gasteiger partial charge on any atom is 0.167 e. The number of fused-ring (bicyclic) bond motifs is 1. The van der Waals surface area contributed by atoms with Gasteiger partial charge in [-0.3, -0.25) is 9.69 Å². The van der Waals surface area contributed by atoms with Gasteiger partial charge < -0.3 is 0 Å². The summed E-state index contributed by atoms with van der Waals surface area (Å²) in [5.41, 5.74) is 3.88. The zero-order valence-corrected chi connectivity index (χ0v) is 13.5. The van der Waals surface area contributed by atoms with E-state index >= 15 is 0 Å². The highest BCUT2D eigenvalue weighted by Gasteiger charge is 2.32. The minimum atomic E-state index is 0.232. The van der Waals surface area contributed by atoms with Gasteiger partial charge in [-0.2, -0.15) is 0 Å². The molecule has 2 heteroatoms. The van der Waals surface area contributed by atoms with Gasteiger partial charge in [-0.1, -0.05) is 18.6 Å². The molecule has 4 rings (SSSR count). The van der Waals surface area contributed by atoms with E-state index in [1.54, 1.807) is 0 Å². The summed E-state index contributed by atoms with van der Waals surface area (Å²) >= 11 is 0. The lowest BCUT2D eigenvalue weighted by Crippen LogP contribution is -2.47. The third-order valence-corrected chi connectivity index (χ3v) is 6.05. The molecule has 2 fully saturated rings. The molecule has 0 bridgehead atoms. The van der Waals surface area contributed by atoms with E-state index in [9.17, 15) is 4.79 Å². The highest BCUT2D eigenvalue weighted by molar-refractivity contribution is 5.98. The number of piperidine rings is 1. The second-order valence-corrected chi connectivity index (χ2v) is 7.47. The Labute approximate surface area is 133 Å². The second kappa shape index (κ2) is 6.16. The molecule has 3 aliphatic rings. The van der Waals surface area contributed by atoms with Crippen molar-refractivity contribution < 1.29 is 4.79 Å². The molecule has 0 radical (unpaired) electrons. The first-order valence-electron chi connectivity index (χ1n) is 9.21. The fourth-order valence-corrected chi connectivity index (χ4v) is 4.43. The number of hydrogen-bond donors (Lipinski definition) is 0. The monoisotopic (exact) mass is 297 g/mol. The lowest BCUT2D eigenvalue weighted by molar-refractivity contribution is 0.0612. The molecule has 22 heavy (non-hydrogen) atoms. The molecule has 118 valence electrons. The summed E-state index contributed by atoms with van der Waals surface area (Å²) < 4.78 is 0. The molecular weight excluding hydrogens is 270 g/mol. The van der Waals surface area contributed by atoms with Crippen LogP contribution in [0.15, 0.2) is 18.2 Å². The van der Waals surface area contributed by atoms with Crippen LogP contribution in [0.1, 0.15) is 66.4 Å². The molecule has 2 aliphatic carbocycles. The van der Waals surface area contributed by atoms with Crippen LogP contribution in [0.4, 0.5) is 0 Å². The fourth-order valence-electron chi connectivity index (χ4n) is 4.43. The van der Waals surface area contributed by atoms with Crippen molar-refractivity contribution in [1.29, 1.82) is 0 Å². The molecule has 0 amide bonds. The Morgan fingerprint density at radius 1 is 0.955 bits per heavy atom. The van der Waals surface area contributed by atoms with Gasteiger partial charge in [0.2, 0.25) is 0 Å². The Balaban J connectivity index is 1.48. The van der Waals surface area contributed by atoms with Gasteiger partial charge in [0.15, 0.2) is 5.78 Å². The Morgan fingerprint density at radius 2 is 1.77 bits per heavy atom. The summed E-state index contributed by atoms with van der Waals surface area (Å²) in [7, 11) is 0. The first-order chi connectivity index (χ1) is 10.8. The number of benzene rings is 1. The van der Waals surface area contributed by atoms with E-state index in [0.717, 1.165) is 31.0 Å². The predicted octanol–water partition coefficient (Wildman–Crippen LogP) is 4.01. The van der Waals surface area contributed by atoms with E-state index < -0.39 is 0 Å². The van der Waals surface area contributed by atoms with Crippen LogP contribution < -0.4 is 0 Å². The molecule has 1 aromatic carbocycles. The molecule has 1 atom stereocenters. The van der Waals surface area contributed by atoms with E-state index in [4.69, 9.17) is 0 Å². The number of likely N-dealkylation sites (tertiary alicyclic amines) is 1. The van der Waals surface area contributed by atoms with Crippen LogP contribution in [0, 0.1) is 5.92 Å². The molecule has 1 aromatic rings. The second-order valence-electron chi connectivity index (χ2n) is 7.47. The van der Waals surface area contributed by atoms with Crippen LogP contribution in [0.5, 0.6) is 0 Å². The van der Waals surface area contributed by atoms with Crippen LogP contribution in [-0.4, -0.2) is 29.8 Å². The first kappa shape index (κ1) is 14.4. The Bertz CT molecular complexity index is 561. The third-order valence-electron chi connectivity index (χ3n) is 6.05. The number of carbonyl (C=O) groups is 1. The highest BCUT2D eigenvalue weighted by Crippen LogP contribution is 2.31. The standard InChI is InChI=1S/C20H27NO/c22-20(17-11-10-15-5-1-2-6-16(15)13-17)18-7-4-12-21(14-18)19-8-3-9-19/h10-11,13,18-19H,1-9,12,14H2. The van der Waals surface area contributed by atoms with Gasteiger partial charge in [-0.25, -0.2) is 0 Å². The number of nitrogens with zero attached hydrogens (tertiary/aromatic N) is 1. The molecule has 0 N–H and O–H groups in total. The van der Waals surface area contributed by atoms with E-state index in [2.05, 4.69) is 23.1 Å². The topological polar surface area (TPSA) is 20.3 Å². The van der Waals surface area contributed by atoms with Gasteiger partial charge in [0.25, 0.3) is 0 Å². The van der Waals surface area contributed by atoms with Crippen molar-refractivity contribution in [2.75, 3.05) is 13.1 Å². The van der Waals surface area contributed by atoms with Crippen LogP contribution in [0.2, 0.25) is 0 Å². The lowest BCUT2D eigenvalue weighted by Gasteiger charge is -2.42. The number of carbonyl (C=O) groups excluding carboxylic acids is 1. The first-order valence-corrected chi connectivity index (χ1v) is 9.21. The molecule has 0 spiro atoms. The molecule has 1 heterocycles. The van der Waals surface area contributed by atoms with E-state index in [-0.39, 0.29) is 5.92 Å². The number of hydrogen-bond acceptors (Lipinski definition) is 2. The molecular formula is C20H27NO. The van der Waals surface area contributed by atoms with Crippen LogP contribution in [-0.2, 0) is 12.8 Å². The summed E-state index contributed by atoms with van der Waals surface area (Å²) in [5.74, 6) is 0.633. The van der Waals surface area contributed by atoms with Crippen molar-refractivity contribution in [3.8, 4) is 0 Å². The summed E-state index contributed by atoms with van der Waals surface area (Å²) in [6.45, 7) is 2.21. The van der Waals surface area contributed by atoms with Crippen LogP contribution >= 0.6 is 0 Å². The van der Waals surface area contributed by atoms with Gasteiger partial charge >= 0.3 is 0 Å². The Morgan fingerprint density at radius 3 is 2.55 bits per heavy atom. The van der Waals surface area contributed by atoms with E-state index in [1.165, 1.54) is 62.6 Å². The van der Waals surface area contributed by atoms with E-state index in [0.29, 0.717) is 5.78 Å². The number of rotatable bonds is 3. The smallest absolute Gasteiger partial charge is 0.167 e. The number of aryl methyl sites for hydroxylation is 2. The predicted molar refractivity (Wildman–Crippen MR) is 89.4 cm³/mol. The molecule has 1 unspecified atom stereocenters. The summed E-state index contributed by atoms with van der Waals surface area (Å²) in [4.78, 5) is 15.5. The fraction of sp³-hybridized carbons (Fsp3) is 0.650. The average Bonchev–Trinajstić information content (AvgIpc) is 2.52. The molecule has 1 saturated carbocycles. The van der Waals surface area contributed by atoms with Gasteiger partial charge in [-0.15, -0.1) is 0 Å². The van der Waals surface area contributed by atoms with Crippen molar-refractivity contribution >= 4 is 5.78 Å². The lowest BCUT2D eigenvalue weighted by atomic mass is 9.83. The van der Waals surface area contributed by atoms with Crippen LogP contribution in [0.3, 0.4) is 0 Å².